The number of fused-ring (bicyclic) bond motifs is 1. The maximum atomic E-state index is 10.0. The molecule has 1 saturated heterocycles. The lowest BCUT2D eigenvalue weighted by Crippen LogP contribution is -2.49. The highest BCUT2D eigenvalue weighted by Gasteiger charge is 2.30. The van der Waals surface area contributed by atoms with Crippen LogP contribution in [0, 0.1) is 18.3 Å². The number of hydrogen-bond donors (Lipinski definition) is 1. The fourth-order valence-corrected chi connectivity index (χ4v) is 7.56. The van der Waals surface area contributed by atoms with Crippen molar-refractivity contribution in [1.82, 2.24) is 29.5 Å². The van der Waals surface area contributed by atoms with Crippen molar-refractivity contribution in [2.24, 2.45) is 0 Å². The third-order valence-electron chi connectivity index (χ3n) is 9.29. The smallest absolute Gasteiger partial charge is 0.164 e. The standard InChI is InChI=1S/C36H38N8OS/c1-24-6-16-29(17-7-24)46-32-5-3-4-31(30(32)22-37)45-28-14-8-25(9-15-28)34-33-35(38)39-23-40-36(33)44(41-34)27-12-10-26(11-13-27)43-20-18-42(2)19-21-43/h3-9,14-17,23,26-27H,10-13,18-21H2,1-2H3,(H2,38,39,40). The van der Waals surface area contributed by atoms with Gasteiger partial charge in [0.25, 0.3) is 0 Å². The van der Waals surface area contributed by atoms with E-state index in [-0.39, 0.29) is 6.04 Å². The number of aromatic nitrogens is 4. The molecule has 9 nitrogen and oxygen atoms in total. The van der Waals surface area contributed by atoms with E-state index in [1.165, 1.54) is 11.9 Å². The molecule has 2 N–H and O–H groups in total. The molecule has 0 bridgehead atoms. The molecule has 5 aromatic rings. The van der Waals surface area contributed by atoms with Gasteiger partial charge >= 0.3 is 0 Å². The van der Waals surface area contributed by atoms with Crippen molar-refractivity contribution in [3.63, 3.8) is 0 Å². The average Bonchev–Trinajstić information content (AvgIpc) is 3.48. The molecule has 0 amide bonds. The first-order valence-electron chi connectivity index (χ1n) is 15.9. The number of piperazine rings is 1. The number of aryl methyl sites for hydroxylation is 1. The summed E-state index contributed by atoms with van der Waals surface area (Å²) in [6.07, 6.45) is 5.98. The van der Waals surface area contributed by atoms with Gasteiger partial charge in [0.1, 0.15) is 41.0 Å². The predicted octanol–water partition coefficient (Wildman–Crippen LogP) is 6.93. The molecular formula is C36H38N8OS. The van der Waals surface area contributed by atoms with E-state index >= 15 is 0 Å². The lowest BCUT2D eigenvalue weighted by molar-refractivity contribution is 0.0815. The molecule has 1 aliphatic carbocycles. The zero-order chi connectivity index (χ0) is 31.6. The molecule has 2 fully saturated rings. The minimum Gasteiger partial charge on any atom is -0.456 e. The molecule has 0 radical (unpaired) electrons. The number of anilines is 1. The van der Waals surface area contributed by atoms with E-state index in [0.29, 0.717) is 28.9 Å². The number of likely N-dealkylation sites (N-methyl/N-ethyl adjacent to an activating group) is 1. The summed E-state index contributed by atoms with van der Waals surface area (Å²) < 4.78 is 8.34. The number of ether oxygens (including phenoxy) is 1. The summed E-state index contributed by atoms with van der Waals surface area (Å²) in [7, 11) is 2.21. The minimum absolute atomic E-state index is 0.270. The van der Waals surface area contributed by atoms with Gasteiger partial charge in [-0.3, -0.25) is 4.90 Å². The van der Waals surface area contributed by atoms with E-state index in [1.807, 2.05) is 42.5 Å². The maximum absolute atomic E-state index is 10.0. The van der Waals surface area contributed by atoms with E-state index in [4.69, 9.17) is 15.6 Å². The van der Waals surface area contributed by atoms with E-state index < -0.39 is 0 Å². The van der Waals surface area contributed by atoms with Gasteiger partial charge in [-0.2, -0.15) is 10.4 Å². The van der Waals surface area contributed by atoms with Gasteiger partial charge in [-0.25, -0.2) is 14.6 Å². The third kappa shape index (κ3) is 6.18. The lowest BCUT2D eigenvalue weighted by atomic mass is 9.90. The van der Waals surface area contributed by atoms with Crippen LogP contribution in [0.1, 0.15) is 42.9 Å². The normalized spacial score (nSPS) is 19.2. The second-order valence-corrected chi connectivity index (χ2v) is 13.5. The van der Waals surface area contributed by atoms with Crippen LogP contribution < -0.4 is 10.5 Å². The number of hydrogen-bond acceptors (Lipinski definition) is 9. The Bertz CT molecular complexity index is 1870. The summed E-state index contributed by atoms with van der Waals surface area (Å²) >= 11 is 1.55. The molecule has 7 rings (SSSR count). The second kappa shape index (κ2) is 13.1. The topological polar surface area (TPSA) is 109 Å². The molecule has 3 heterocycles. The second-order valence-electron chi connectivity index (χ2n) is 12.3. The molecule has 0 unspecified atom stereocenters. The van der Waals surface area contributed by atoms with Gasteiger partial charge in [0.05, 0.1) is 11.4 Å². The fourth-order valence-electron chi connectivity index (χ4n) is 6.64. The highest BCUT2D eigenvalue weighted by atomic mass is 32.2. The van der Waals surface area contributed by atoms with Crippen molar-refractivity contribution >= 4 is 28.6 Å². The molecule has 1 saturated carbocycles. The van der Waals surface area contributed by atoms with Crippen LogP contribution in [-0.4, -0.2) is 68.8 Å². The van der Waals surface area contributed by atoms with Crippen molar-refractivity contribution in [3.05, 3.63) is 84.2 Å². The van der Waals surface area contributed by atoms with Gasteiger partial charge in [-0.05, 0) is 88.2 Å². The van der Waals surface area contributed by atoms with Crippen molar-refractivity contribution < 1.29 is 4.74 Å². The molecule has 10 heteroatoms. The Balaban J connectivity index is 1.10. The Morgan fingerprint density at radius 1 is 0.891 bits per heavy atom. The number of rotatable bonds is 7. The molecule has 0 spiro atoms. The van der Waals surface area contributed by atoms with Crippen molar-refractivity contribution in [2.75, 3.05) is 39.0 Å². The van der Waals surface area contributed by atoms with Crippen LogP contribution in [0.4, 0.5) is 5.82 Å². The van der Waals surface area contributed by atoms with Gasteiger partial charge in [-0.15, -0.1) is 0 Å². The van der Waals surface area contributed by atoms with E-state index in [0.717, 1.165) is 83.9 Å². The average molecular weight is 631 g/mol. The van der Waals surface area contributed by atoms with Gasteiger partial charge < -0.3 is 15.4 Å². The zero-order valence-electron chi connectivity index (χ0n) is 26.3. The van der Waals surface area contributed by atoms with Gasteiger partial charge in [0.15, 0.2) is 5.65 Å². The van der Waals surface area contributed by atoms with E-state index in [1.54, 1.807) is 11.8 Å². The van der Waals surface area contributed by atoms with Crippen LogP contribution in [0.15, 0.2) is 82.8 Å². The van der Waals surface area contributed by atoms with Crippen molar-refractivity contribution in [2.45, 2.75) is 54.5 Å². The lowest BCUT2D eigenvalue weighted by Gasteiger charge is -2.41. The largest absolute Gasteiger partial charge is 0.456 e. The summed E-state index contributed by atoms with van der Waals surface area (Å²) in [6, 6.07) is 25.0. The first kappa shape index (κ1) is 30.2. The predicted molar refractivity (Wildman–Crippen MR) is 182 cm³/mol. The van der Waals surface area contributed by atoms with Gasteiger partial charge in [0, 0.05) is 47.6 Å². The monoisotopic (exact) mass is 630 g/mol. The van der Waals surface area contributed by atoms with E-state index in [9.17, 15) is 5.26 Å². The molecule has 46 heavy (non-hydrogen) atoms. The molecule has 234 valence electrons. The Hall–Kier alpha value is -4.43. The number of nitriles is 1. The summed E-state index contributed by atoms with van der Waals surface area (Å²) in [4.78, 5) is 16.0. The van der Waals surface area contributed by atoms with E-state index in [2.05, 4.69) is 68.8 Å². The maximum Gasteiger partial charge on any atom is 0.164 e. The van der Waals surface area contributed by atoms with Crippen LogP contribution in [-0.2, 0) is 0 Å². The summed E-state index contributed by atoms with van der Waals surface area (Å²) in [5.74, 6) is 1.58. The number of nitrogens with zero attached hydrogens (tertiary/aromatic N) is 7. The van der Waals surface area contributed by atoms with Crippen molar-refractivity contribution in [3.8, 4) is 28.8 Å². The Morgan fingerprint density at radius 3 is 2.33 bits per heavy atom. The molecule has 3 aromatic carbocycles. The summed E-state index contributed by atoms with van der Waals surface area (Å²) in [5.41, 5.74) is 10.6. The summed E-state index contributed by atoms with van der Waals surface area (Å²) in [5, 5.41) is 15.9. The van der Waals surface area contributed by atoms with Crippen LogP contribution in [0.25, 0.3) is 22.3 Å². The molecular weight excluding hydrogens is 593 g/mol. The number of nitrogen functional groups attached to an aromatic ring is 1. The van der Waals surface area contributed by atoms with Crippen LogP contribution in [0.2, 0.25) is 0 Å². The van der Waals surface area contributed by atoms with Gasteiger partial charge in [-0.1, -0.05) is 35.5 Å². The third-order valence-corrected chi connectivity index (χ3v) is 10.4. The molecule has 1 aliphatic heterocycles. The van der Waals surface area contributed by atoms with Gasteiger partial charge in [0.2, 0.25) is 0 Å². The van der Waals surface area contributed by atoms with Crippen LogP contribution in [0.3, 0.4) is 0 Å². The SMILES string of the molecule is Cc1ccc(Sc2cccc(Oc3ccc(-c4nn(C5CCC(N6CCN(C)CC6)CC5)c5ncnc(N)c45)cc3)c2C#N)cc1. The van der Waals surface area contributed by atoms with Crippen LogP contribution >= 0.6 is 11.8 Å². The first-order valence-corrected chi connectivity index (χ1v) is 16.8. The number of nitrogens with two attached hydrogens (primary N) is 1. The Labute approximate surface area is 274 Å². The summed E-state index contributed by atoms with van der Waals surface area (Å²) in [6.45, 7) is 6.66. The minimum atomic E-state index is 0.270. The fraction of sp³-hybridized carbons (Fsp3) is 0.333. The molecule has 2 aliphatic rings. The number of benzene rings is 3. The highest BCUT2D eigenvalue weighted by Crippen LogP contribution is 2.39. The molecule has 0 atom stereocenters. The van der Waals surface area contributed by atoms with Crippen LogP contribution in [0.5, 0.6) is 11.5 Å². The highest BCUT2D eigenvalue weighted by molar-refractivity contribution is 7.99. The Morgan fingerprint density at radius 2 is 1.61 bits per heavy atom. The first-order chi connectivity index (χ1) is 22.5. The quantitative estimate of drug-likeness (QED) is 0.205. The molecule has 2 aromatic heterocycles. The van der Waals surface area contributed by atoms with Crippen molar-refractivity contribution in [1.29, 1.82) is 5.26 Å². The zero-order valence-corrected chi connectivity index (χ0v) is 27.1. The Kier molecular flexibility index (Phi) is 8.63.